The van der Waals surface area contributed by atoms with Crippen molar-refractivity contribution < 1.29 is 8.60 Å². The number of hydrogen-bond donors (Lipinski definition) is 1. The lowest BCUT2D eigenvalue weighted by Crippen LogP contribution is -2.07. The Labute approximate surface area is 105 Å². The Balaban J connectivity index is 2.58. The van der Waals surface area contributed by atoms with Crippen LogP contribution in [0.1, 0.15) is 37.3 Å². The van der Waals surface area contributed by atoms with Crippen LogP contribution in [0.25, 0.3) is 0 Å². The van der Waals surface area contributed by atoms with Crippen molar-refractivity contribution >= 4 is 10.8 Å². The summed E-state index contributed by atoms with van der Waals surface area (Å²) in [5, 5.41) is 0. The van der Waals surface area contributed by atoms with E-state index in [2.05, 4.69) is 6.92 Å². The number of rotatable bonds is 7. The highest BCUT2D eigenvalue weighted by Crippen LogP contribution is 2.13. The van der Waals surface area contributed by atoms with Gasteiger partial charge < -0.3 is 5.73 Å². The SMILES string of the molecule is CCCCCS(=O)Cc1ccc(F)cc1CN. The van der Waals surface area contributed by atoms with Crippen LogP contribution in [0.3, 0.4) is 0 Å². The van der Waals surface area contributed by atoms with Crippen LogP contribution in [0.2, 0.25) is 0 Å². The third kappa shape index (κ3) is 4.96. The summed E-state index contributed by atoms with van der Waals surface area (Å²) in [5.41, 5.74) is 7.22. The summed E-state index contributed by atoms with van der Waals surface area (Å²) in [6.45, 7) is 2.41. The van der Waals surface area contributed by atoms with Crippen molar-refractivity contribution in [1.29, 1.82) is 0 Å². The third-order valence-corrected chi connectivity index (χ3v) is 4.06. The number of halogens is 1. The highest BCUT2D eigenvalue weighted by atomic mass is 32.2. The summed E-state index contributed by atoms with van der Waals surface area (Å²) in [5.74, 6) is 0.914. The van der Waals surface area contributed by atoms with Gasteiger partial charge in [-0.05, 0) is 29.7 Å². The largest absolute Gasteiger partial charge is 0.326 e. The van der Waals surface area contributed by atoms with Crippen LogP contribution in [0, 0.1) is 5.82 Å². The normalized spacial score (nSPS) is 12.6. The van der Waals surface area contributed by atoms with Crippen LogP contribution < -0.4 is 5.73 Å². The van der Waals surface area contributed by atoms with Crippen LogP contribution in [0.4, 0.5) is 4.39 Å². The molecule has 1 rings (SSSR count). The van der Waals surface area contributed by atoms with Gasteiger partial charge in [0.25, 0.3) is 0 Å². The summed E-state index contributed by atoms with van der Waals surface area (Å²) in [6.07, 6.45) is 3.23. The molecule has 4 heteroatoms. The van der Waals surface area contributed by atoms with Crippen LogP contribution in [-0.4, -0.2) is 9.96 Å². The Morgan fingerprint density at radius 1 is 1.29 bits per heavy atom. The van der Waals surface area contributed by atoms with Gasteiger partial charge in [-0.2, -0.15) is 0 Å². The number of nitrogens with two attached hydrogens (primary N) is 1. The van der Waals surface area contributed by atoms with E-state index in [4.69, 9.17) is 5.73 Å². The zero-order valence-corrected chi connectivity index (χ0v) is 11.1. The maximum absolute atomic E-state index is 13.0. The monoisotopic (exact) mass is 257 g/mol. The van der Waals surface area contributed by atoms with Gasteiger partial charge in [-0.3, -0.25) is 4.21 Å². The summed E-state index contributed by atoms with van der Waals surface area (Å²) in [4.78, 5) is 0. The van der Waals surface area contributed by atoms with E-state index >= 15 is 0 Å². The van der Waals surface area contributed by atoms with Gasteiger partial charge in [-0.15, -0.1) is 0 Å². The molecule has 1 unspecified atom stereocenters. The second-order valence-corrected chi connectivity index (χ2v) is 5.69. The summed E-state index contributed by atoms with van der Waals surface area (Å²) < 4.78 is 24.8. The van der Waals surface area contributed by atoms with E-state index in [9.17, 15) is 8.60 Å². The molecule has 0 fully saturated rings. The molecular weight excluding hydrogens is 237 g/mol. The molecule has 17 heavy (non-hydrogen) atoms. The Hall–Kier alpha value is -0.740. The van der Waals surface area contributed by atoms with Crippen molar-refractivity contribution in [2.24, 2.45) is 5.73 Å². The van der Waals surface area contributed by atoms with Gasteiger partial charge in [0.15, 0.2) is 0 Å². The second-order valence-electron chi connectivity index (χ2n) is 4.11. The van der Waals surface area contributed by atoms with E-state index in [1.165, 1.54) is 12.1 Å². The van der Waals surface area contributed by atoms with Gasteiger partial charge in [-0.1, -0.05) is 25.8 Å². The summed E-state index contributed by atoms with van der Waals surface area (Å²) >= 11 is 0. The molecule has 0 saturated heterocycles. The lowest BCUT2D eigenvalue weighted by atomic mass is 10.1. The third-order valence-electron chi connectivity index (χ3n) is 2.68. The van der Waals surface area contributed by atoms with Crippen LogP contribution >= 0.6 is 0 Å². The molecule has 0 aliphatic carbocycles. The Morgan fingerprint density at radius 2 is 2.06 bits per heavy atom. The highest BCUT2D eigenvalue weighted by molar-refractivity contribution is 7.84. The fourth-order valence-corrected chi connectivity index (χ4v) is 2.98. The molecule has 2 nitrogen and oxygen atoms in total. The Morgan fingerprint density at radius 3 is 2.71 bits per heavy atom. The van der Waals surface area contributed by atoms with Gasteiger partial charge in [0, 0.05) is 28.9 Å². The minimum Gasteiger partial charge on any atom is -0.326 e. The van der Waals surface area contributed by atoms with Crippen LogP contribution in [-0.2, 0) is 23.1 Å². The van der Waals surface area contributed by atoms with Gasteiger partial charge in [0.2, 0.25) is 0 Å². The van der Waals surface area contributed by atoms with Crippen molar-refractivity contribution in [2.75, 3.05) is 5.75 Å². The average Bonchev–Trinajstić information content (AvgIpc) is 2.32. The zero-order valence-electron chi connectivity index (χ0n) is 10.2. The van der Waals surface area contributed by atoms with E-state index < -0.39 is 10.8 Å². The van der Waals surface area contributed by atoms with Gasteiger partial charge >= 0.3 is 0 Å². The van der Waals surface area contributed by atoms with E-state index in [1.54, 1.807) is 6.07 Å². The molecule has 0 aromatic heterocycles. The molecule has 2 N–H and O–H groups in total. The first kappa shape index (κ1) is 14.3. The van der Waals surface area contributed by atoms with Crippen molar-refractivity contribution in [1.82, 2.24) is 0 Å². The number of hydrogen-bond acceptors (Lipinski definition) is 2. The first-order valence-corrected chi connectivity index (χ1v) is 7.48. The number of benzene rings is 1. The number of unbranched alkanes of at least 4 members (excludes halogenated alkanes) is 2. The molecule has 96 valence electrons. The lowest BCUT2D eigenvalue weighted by Gasteiger charge is -2.07. The first-order valence-electron chi connectivity index (χ1n) is 5.99. The van der Waals surface area contributed by atoms with E-state index in [0.29, 0.717) is 12.3 Å². The quantitative estimate of drug-likeness (QED) is 0.763. The predicted molar refractivity (Wildman–Crippen MR) is 70.5 cm³/mol. The highest BCUT2D eigenvalue weighted by Gasteiger charge is 2.07. The molecule has 0 heterocycles. The molecule has 0 saturated carbocycles. The summed E-state index contributed by atoms with van der Waals surface area (Å²) in [6, 6.07) is 4.52. The molecule has 0 aliphatic rings. The molecule has 0 radical (unpaired) electrons. The fraction of sp³-hybridized carbons (Fsp3) is 0.538. The summed E-state index contributed by atoms with van der Waals surface area (Å²) in [7, 11) is -0.869. The standard InChI is InChI=1S/C13H20FNOS/c1-2-3-4-7-17(16)10-11-5-6-13(14)8-12(11)9-15/h5-6,8H,2-4,7,9-10,15H2,1H3. The van der Waals surface area contributed by atoms with Crippen molar-refractivity contribution in [2.45, 2.75) is 38.5 Å². The van der Waals surface area contributed by atoms with Crippen molar-refractivity contribution in [3.05, 3.63) is 35.1 Å². The maximum atomic E-state index is 13.0. The molecule has 0 spiro atoms. The minimum atomic E-state index is -0.869. The zero-order chi connectivity index (χ0) is 12.7. The van der Waals surface area contributed by atoms with Gasteiger partial charge in [0.05, 0.1) is 0 Å². The van der Waals surface area contributed by atoms with Gasteiger partial charge in [0.1, 0.15) is 5.82 Å². The molecule has 0 amide bonds. The molecule has 0 aliphatic heterocycles. The first-order chi connectivity index (χ1) is 8.17. The lowest BCUT2D eigenvalue weighted by molar-refractivity contribution is 0.624. The van der Waals surface area contributed by atoms with Crippen LogP contribution in [0.5, 0.6) is 0 Å². The maximum Gasteiger partial charge on any atom is 0.123 e. The van der Waals surface area contributed by atoms with Crippen molar-refractivity contribution in [3.63, 3.8) is 0 Å². The predicted octanol–water partition coefficient (Wildman–Crippen LogP) is 2.72. The van der Waals surface area contributed by atoms with Gasteiger partial charge in [-0.25, -0.2) is 4.39 Å². The van der Waals surface area contributed by atoms with E-state index in [1.807, 2.05) is 0 Å². The Kier molecular flexibility index (Phi) is 6.37. The molecule has 0 bridgehead atoms. The molecule has 1 aromatic carbocycles. The average molecular weight is 257 g/mol. The molecular formula is C13H20FNOS. The van der Waals surface area contributed by atoms with Crippen LogP contribution in [0.15, 0.2) is 18.2 Å². The van der Waals surface area contributed by atoms with E-state index in [-0.39, 0.29) is 5.82 Å². The fourth-order valence-electron chi connectivity index (χ4n) is 1.68. The smallest absolute Gasteiger partial charge is 0.123 e. The second kappa shape index (κ2) is 7.56. The van der Waals surface area contributed by atoms with Crippen molar-refractivity contribution in [3.8, 4) is 0 Å². The topological polar surface area (TPSA) is 43.1 Å². The Bertz CT molecular complexity index is 382. The molecule has 1 aromatic rings. The molecule has 1 atom stereocenters. The van der Waals surface area contributed by atoms with E-state index in [0.717, 1.165) is 36.1 Å². The minimum absolute atomic E-state index is 0.286.